The summed E-state index contributed by atoms with van der Waals surface area (Å²) in [7, 11) is 0. The first-order valence-corrected chi connectivity index (χ1v) is 7.15. The predicted octanol–water partition coefficient (Wildman–Crippen LogP) is 4.20. The first kappa shape index (κ1) is 16.4. The van der Waals surface area contributed by atoms with Gasteiger partial charge in [0.2, 0.25) is 0 Å². The van der Waals surface area contributed by atoms with Crippen LogP contribution in [0.2, 0.25) is 0 Å². The van der Waals surface area contributed by atoms with Gasteiger partial charge in [-0.2, -0.15) is 5.10 Å². The van der Waals surface area contributed by atoms with Crippen molar-refractivity contribution in [2.24, 2.45) is 5.10 Å². The second-order valence-electron chi connectivity index (χ2n) is 4.83. The maximum Gasteiger partial charge on any atom is 0.271 e. The van der Waals surface area contributed by atoms with E-state index in [0.29, 0.717) is 11.3 Å². The van der Waals surface area contributed by atoms with E-state index in [9.17, 15) is 9.18 Å². The van der Waals surface area contributed by atoms with Gasteiger partial charge >= 0.3 is 0 Å². The molecule has 0 saturated heterocycles. The van der Waals surface area contributed by atoms with Gasteiger partial charge in [0.05, 0.1) is 5.71 Å². The van der Waals surface area contributed by atoms with E-state index in [2.05, 4.69) is 10.5 Å². The van der Waals surface area contributed by atoms with Crippen molar-refractivity contribution in [2.75, 3.05) is 0 Å². The monoisotopic (exact) mass is 308 g/mol. The first-order chi connectivity index (χ1) is 11.1. The summed E-state index contributed by atoms with van der Waals surface area (Å²) in [4.78, 5) is 11.8. The Hall–Kier alpha value is -3.01. The van der Waals surface area contributed by atoms with Crippen molar-refractivity contribution in [3.05, 3.63) is 89.8 Å². The fourth-order valence-corrected chi connectivity index (χ4v) is 1.77. The number of halogens is 1. The van der Waals surface area contributed by atoms with Gasteiger partial charge in [-0.15, -0.1) is 0 Å². The van der Waals surface area contributed by atoms with Crippen LogP contribution in [-0.2, 0) is 0 Å². The van der Waals surface area contributed by atoms with E-state index < -0.39 is 0 Å². The van der Waals surface area contributed by atoms with Gasteiger partial charge in [-0.25, -0.2) is 9.82 Å². The molecular weight excluding hydrogens is 291 g/mol. The third-order valence-corrected chi connectivity index (χ3v) is 2.98. The van der Waals surface area contributed by atoms with Crippen molar-refractivity contribution >= 4 is 17.7 Å². The van der Waals surface area contributed by atoms with Crippen LogP contribution in [0.15, 0.2) is 77.9 Å². The Morgan fingerprint density at radius 2 is 1.74 bits per heavy atom. The van der Waals surface area contributed by atoms with Gasteiger partial charge in [0.1, 0.15) is 5.82 Å². The van der Waals surface area contributed by atoms with Crippen LogP contribution < -0.4 is 5.43 Å². The number of carbonyl (C=O) groups is 1. The molecule has 0 aliphatic heterocycles. The average molecular weight is 308 g/mol. The molecule has 0 unspecified atom stereocenters. The van der Waals surface area contributed by atoms with Crippen LogP contribution in [0.25, 0.3) is 6.08 Å². The predicted molar refractivity (Wildman–Crippen MR) is 91.6 cm³/mol. The lowest BCUT2D eigenvalue weighted by atomic mass is 10.2. The lowest BCUT2D eigenvalue weighted by molar-refractivity contribution is 0.0955. The highest BCUT2D eigenvalue weighted by molar-refractivity contribution is 5.97. The smallest absolute Gasteiger partial charge is 0.267 e. The van der Waals surface area contributed by atoms with E-state index in [1.165, 1.54) is 24.3 Å². The lowest BCUT2D eigenvalue weighted by Gasteiger charge is -2.00. The molecule has 0 aliphatic carbocycles. The highest BCUT2D eigenvalue weighted by Gasteiger charge is 2.03. The number of benzene rings is 2. The molecule has 1 amide bonds. The molecule has 1 N–H and O–H groups in total. The van der Waals surface area contributed by atoms with Crippen LogP contribution in [0.1, 0.15) is 22.8 Å². The number of carbonyl (C=O) groups excluding carboxylic acids is 1. The Kier molecular flexibility index (Phi) is 6.00. The SMILES string of the molecule is CC(C=CC=Cc1ccccc1)=NNC(=O)c1ccc(F)cc1. The molecule has 0 fully saturated rings. The normalized spacial score (nSPS) is 12.0. The lowest BCUT2D eigenvalue weighted by Crippen LogP contribution is -2.18. The Labute approximate surface area is 134 Å². The second-order valence-corrected chi connectivity index (χ2v) is 4.83. The number of hydrogen-bond acceptors (Lipinski definition) is 2. The van der Waals surface area contributed by atoms with Crippen molar-refractivity contribution in [3.8, 4) is 0 Å². The number of nitrogens with zero attached hydrogens (tertiary/aromatic N) is 1. The van der Waals surface area contributed by atoms with Gasteiger partial charge in [0.15, 0.2) is 0 Å². The summed E-state index contributed by atoms with van der Waals surface area (Å²) in [6.07, 6.45) is 7.50. The van der Waals surface area contributed by atoms with Gasteiger partial charge in [-0.05, 0) is 42.8 Å². The van der Waals surface area contributed by atoms with E-state index >= 15 is 0 Å². The summed E-state index contributed by atoms with van der Waals surface area (Å²) in [6.45, 7) is 1.78. The molecule has 3 nitrogen and oxygen atoms in total. The summed E-state index contributed by atoms with van der Waals surface area (Å²) < 4.78 is 12.8. The number of rotatable bonds is 5. The minimum Gasteiger partial charge on any atom is -0.267 e. The van der Waals surface area contributed by atoms with Gasteiger partial charge in [-0.3, -0.25) is 4.79 Å². The van der Waals surface area contributed by atoms with Crippen molar-refractivity contribution in [1.29, 1.82) is 0 Å². The van der Waals surface area contributed by atoms with E-state index in [4.69, 9.17) is 0 Å². The first-order valence-electron chi connectivity index (χ1n) is 7.15. The molecule has 4 heteroatoms. The molecule has 0 aliphatic rings. The zero-order valence-corrected chi connectivity index (χ0v) is 12.7. The van der Waals surface area contributed by atoms with E-state index in [1.807, 2.05) is 48.6 Å². The van der Waals surface area contributed by atoms with E-state index in [0.717, 1.165) is 5.56 Å². The number of amides is 1. The van der Waals surface area contributed by atoms with Crippen LogP contribution in [-0.4, -0.2) is 11.6 Å². The summed E-state index contributed by atoms with van der Waals surface area (Å²) >= 11 is 0. The second kappa shape index (κ2) is 8.44. The molecule has 23 heavy (non-hydrogen) atoms. The zero-order valence-electron chi connectivity index (χ0n) is 12.7. The Balaban J connectivity index is 1.87. The molecule has 0 heterocycles. The highest BCUT2D eigenvalue weighted by atomic mass is 19.1. The molecular formula is C19H17FN2O. The topological polar surface area (TPSA) is 41.5 Å². The third-order valence-electron chi connectivity index (χ3n) is 2.98. The molecule has 0 radical (unpaired) electrons. The zero-order chi connectivity index (χ0) is 16.5. The average Bonchev–Trinajstić information content (AvgIpc) is 2.58. The van der Waals surface area contributed by atoms with Gasteiger partial charge in [-0.1, -0.05) is 48.6 Å². The number of hydrazone groups is 1. The number of allylic oxidation sites excluding steroid dienone is 3. The Morgan fingerprint density at radius 3 is 2.43 bits per heavy atom. The summed E-state index contributed by atoms with van der Waals surface area (Å²) in [5.74, 6) is -0.757. The van der Waals surface area contributed by atoms with Crippen LogP contribution in [0, 0.1) is 5.82 Å². The maximum absolute atomic E-state index is 12.8. The minimum absolute atomic E-state index is 0.357. The quantitative estimate of drug-likeness (QED) is 0.502. The van der Waals surface area contributed by atoms with Gasteiger partial charge in [0.25, 0.3) is 5.91 Å². The van der Waals surface area contributed by atoms with Crippen molar-refractivity contribution < 1.29 is 9.18 Å². The van der Waals surface area contributed by atoms with E-state index in [-0.39, 0.29) is 11.7 Å². The summed E-state index contributed by atoms with van der Waals surface area (Å²) in [5, 5.41) is 3.97. The molecule has 0 saturated carbocycles. The molecule has 116 valence electrons. The van der Waals surface area contributed by atoms with Crippen LogP contribution >= 0.6 is 0 Å². The highest BCUT2D eigenvalue weighted by Crippen LogP contribution is 2.02. The molecule has 2 aromatic rings. The number of nitrogens with one attached hydrogen (secondary N) is 1. The summed E-state index contributed by atoms with van der Waals surface area (Å²) in [6, 6.07) is 15.2. The fraction of sp³-hybridized carbons (Fsp3) is 0.0526. The number of hydrogen-bond donors (Lipinski definition) is 1. The Bertz CT molecular complexity index is 732. The van der Waals surface area contributed by atoms with Gasteiger partial charge < -0.3 is 0 Å². The van der Waals surface area contributed by atoms with Crippen molar-refractivity contribution in [2.45, 2.75) is 6.92 Å². The summed E-state index contributed by atoms with van der Waals surface area (Å²) in [5.41, 5.74) is 4.54. The van der Waals surface area contributed by atoms with E-state index in [1.54, 1.807) is 13.0 Å². The molecule has 0 aromatic heterocycles. The van der Waals surface area contributed by atoms with Crippen LogP contribution in [0.3, 0.4) is 0 Å². The van der Waals surface area contributed by atoms with Gasteiger partial charge in [0, 0.05) is 5.56 Å². The molecule has 0 atom stereocenters. The minimum atomic E-state index is -0.380. The van der Waals surface area contributed by atoms with Crippen LogP contribution in [0.5, 0.6) is 0 Å². The standard InChI is InChI=1S/C19H17FN2O/c1-15(7-5-6-10-16-8-3-2-4-9-16)21-22-19(23)17-11-13-18(20)14-12-17/h2-14H,1H3,(H,22,23). The molecule has 0 spiro atoms. The van der Waals surface area contributed by atoms with Crippen LogP contribution in [0.4, 0.5) is 4.39 Å². The molecule has 2 rings (SSSR count). The molecule has 0 bridgehead atoms. The van der Waals surface area contributed by atoms with Crippen molar-refractivity contribution in [1.82, 2.24) is 5.43 Å². The largest absolute Gasteiger partial charge is 0.271 e. The maximum atomic E-state index is 12.8. The Morgan fingerprint density at radius 1 is 1.04 bits per heavy atom. The van der Waals surface area contributed by atoms with Crippen molar-refractivity contribution in [3.63, 3.8) is 0 Å². The fourth-order valence-electron chi connectivity index (χ4n) is 1.77. The third kappa shape index (κ3) is 5.71. The molecule has 2 aromatic carbocycles.